The van der Waals surface area contributed by atoms with Crippen LogP contribution in [0, 0.1) is 11.7 Å². The van der Waals surface area contributed by atoms with E-state index in [4.69, 9.17) is 26.2 Å². The highest BCUT2D eigenvalue weighted by Crippen LogP contribution is 2.20. The standard InChI is InChI=1S/C19H25ClFN3O5/c1-12(2)10-28-29-24-9-17(24)19(26)22-7-6-13(3)23-18(25)11-27-14-4-5-15(20)16(21)8-14/h4-5,8,12,17H,3,6-7,9-11H2,1-2H3,(H,22,26)(H,23,25). The summed E-state index contributed by atoms with van der Waals surface area (Å²) in [5.74, 6) is -0.739. The van der Waals surface area contributed by atoms with E-state index in [0.29, 0.717) is 37.7 Å². The lowest BCUT2D eigenvalue weighted by Crippen LogP contribution is -2.33. The van der Waals surface area contributed by atoms with Crippen molar-refractivity contribution in [1.82, 2.24) is 15.7 Å². The van der Waals surface area contributed by atoms with Crippen molar-refractivity contribution in [3.05, 3.63) is 41.3 Å². The van der Waals surface area contributed by atoms with Crippen molar-refractivity contribution in [2.45, 2.75) is 26.3 Å². The molecule has 160 valence electrons. The Morgan fingerprint density at radius 3 is 2.86 bits per heavy atom. The van der Waals surface area contributed by atoms with E-state index < -0.39 is 11.7 Å². The zero-order valence-corrected chi connectivity index (χ0v) is 17.1. The van der Waals surface area contributed by atoms with Gasteiger partial charge in [0.15, 0.2) is 6.61 Å². The minimum atomic E-state index is -0.629. The van der Waals surface area contributed by atoms with Crippen LogP contribution < -0.4 is 15.4 Å². The number of ether oxygens (including phenoxy) is 1. The van der Waals surface area contributed by atoms with E-state index in [2.05, 4.69) is 17.2 Å². The number of nitrogens with zero attached hydrogens (tertiary/aromatic N) is 1. The van der Waals surface area contributed by atoms with E-state index >= 15 is 0 Å². The molecule has 2 rings (SSSR count). The minimum Gasteiger partial charge on any atom is -0.484 e. The Bertz CT molecular complexity index is 747. The van der Waals surface area contributed by atoms with Gasteiger partial charge in [0.25, 0.3) is 5.91 Å². The topological polar surface area (TPSA) is 88.9 Å². The van der Waals surface area contributed by atoms with Gasteiger partial charge in [0.1, 0.15) is 17.6 Å². The predicted molar refractivity (Wildman–Crippen MR) is 104 cm³/mol. The lowest BCUT2D eigenvalue weighted by molar-refractivity contribution is -0.394. The van der Waals surface area contributed by atoms with Gasteiger partial charge in [0.2, 0.25) is 5.91 Å². The number of amides is 2. The number of hydrogen-bond acceptors (Lipinski definition) is 6. The number of hydroxylamine groups is 2. The van der Waals surface area contributed by atoms with Crippen molar-refractivity contribution < 1.29 is 28.6 Å². The molecule has 1 aromatic carbocycles. The predicted octanol–water partition coefficient (Wildman–Crippen LogP) is 2.20. The van der Waals surface area contributed by atoms with Crippen LogP contribution in [0.2, 0.25) is 5.02 Å². The van der Waals surface area contributed by atoms with Crippen LogP contribution in [-0.4, -0.2) is 49.2 Å². The van der Waals surface area contributed by atoms with Gasteiger partial charge in [-0.2, -0.15) is 0 Å². The number of rotatable bonds is 12. The van der Waals surface area contributed by atoms with Gasteiger partial charge in [0.05, 0.1) is 18.2 Å². The number of benzene rings is 1. The van der Waals surface area contributed by atoms with E-state index in [1.54, 1.807) is 0 Å². The highest BCUT2D eigenvalue weighted by atomic mass is 35.5. The van der Waals surface area contributed by atoms with E-state index in [1.165, 1.54) is 17.2 Å². The van der Waals surface area contributed by atoms with Gasteiger partial charge in [-0.15, -0.1) is 10.1 Å². The van der Waals surface area contributed by atoms with Crippen LogP contribution >= 0.6 is 11.6 Å². The molecule has 2 atom stereocenters. The fourth-order valence-electron chi connectivity index (χ4n) is 2.12. The van der Waals surface area contributed by atoms with Crippen molar-refractivity contribution in [2.75, 3.05) is 26.3 Å². The number of hydrogen-bond donors (Lipinski definition) is 2. The number of halogens is 2. The molecular weight excluding hydrogens is 405 g/mol. The molecule has 1 aliphatic heterocycles. The van der Waals surface area contributed by atoms with Crippen LogP contribution in [0.3, 0.4) is 0 Å². The van der Waals surface area contributed by atoms with Gasteiger partial charge in [0, 0.05) is 24.7 Å². The normalized spacial score (nSPS) is 17.7. The summed E-state index contributed by atoms with van der Waals surface area (Å²) in [5.41, 5.74) is 0.422. The first-order chi connectivity index (χ1) is 13.8. The Morgan fingerprint density at radius 2 is 2.17 bits per heavy atom. The molecule has 0 saturated carbocycles. The summed E-state index contributed by atoms with van der Waals surface area (Å²) < 4.78 is 18.5. The van der Waals surface area contributed by atoms with E-state index in [-0.39, 0.29) is 29.3 Å². The van der Waals surface area contributed by atoms with E-state index in [9.17, 15) is 14.0 Å². The Morgan fingerprint density at radius 1 is 1.41 bits per heavy atom. The molecule has 2 amide bonds. The van der Waals surface area contributed by atoms with Crippen molar-refractivity contribution >= 4 is 23.4 Å². The molecule has 2 unspecified atom stereocenters. The Hall–Kier alpha value is -2.20. The second kappa shape index (κ2) is 11.1. The maximum atomic E-state index is 13.3. The van der Waals surface area contributed by atoms with Gasteiger partial charge in [-0.3, -0.25) is 9.59 Å². The SMILES string of the molecule is C=C(CCNC(=O)C1CN1OOCC(C)C)NC(=O)COc1ccc(Cl)c(F)c1. The fraction of sp³-hybridized carbons (Fsp3) is 0.474. The average Bonchev–Trinajstić information content (AvgIpc) is 3.42. The van der Waals surface area contributed by atoms with Gasteiger partial charge in [-0.05, 0) is 18.1 Å². The molecule has 10 heteroatoms. The number of nitrogens with one attached hydrogen (secondary N) is 2. The molecule has 8 nitrogen and oxygen atoms in total. The highest BCUT2D eigenvalue weighted by molar-refractivity contribution is 6.30. The summed E-state index contributed by atoms with van der Waals surface area (Å²) in [5, 5.41) is 6.70. The molecule has 1 aromatic rings. The minimum absolute atomic E-state index is 0.0267. The molecule has 0 radical (unpaired) electrons. The summed E-state index contributed by atoms with van der Waals surface area (Å²) >= 11 is 5.58. The first-order valence-electron chi connectivity index (χ1n) is 9.15. The number of carbonyl (C=O) groups is 2. The summed E-state index contributed by atoms with van der Waals surface area (Å²) in [7, 11) is 0. The molecule has 2 N–H and O–H groups in total. The average molecular weight is 430 g/mol. The van der Waals surface area contributed by atoms with Crippen LogP contribution in [-0.2, 0) is 19.5 Å². The van der Waals surface area contributed by atoms with Crippen molar-refractivity contribution in [3.63, 3.8) is 0 Å². The van der Waals surface area contributed by atoms with Crippen LogP contribution in [0.4, 0.5) is 4.39 Å². The molecule has 0 bridgehead atoms. The third-order valence-corrected chi connectivity index (χ3v) is 4.03. The van der Waals surface area contributed by atoms with Crippen LogP contribution in [0.15, 0.2) is 30.5 Å². The molecule has 0 aliphatic carbocycles. The molecule has 1 heterocycles. The van der Waals surface area contributed by atoms with Crippen LogP contribution in [0.25, 0.3) is 0 Å². The van der Waals surface area contributed by atoms with Gasteiger partial charge < -0.3 is 15.4 Å². The van der Waals surface area contributed by atoms with Gasteiger partial charge in [-0.25, -0.2) is 9.28 Å². The Labute approximate surface area is 173 Å². The number of carbonyl (C=O) groups excluding carboxylic acids is 2. The molecular formula is C19H25ClFN3O5. The Kier molecular flexibility index (Phi) is 8.84. The summed E-state index contributed by atoms with van der Waals surface area (Å²) in [6, 6.07) is 3.52. The zero-order valence-electron chi connectivity index (χ0n) is 16.4. The smallest absolute Gasteiger partial charge is 0.262 e. The van der Waals surface area contributed by atoms with E-state index in [0.717, 1.165) is 6.07 Å². The second-order valence-corrected chi connectivity index (χ2v) is 7.33. The highest BCUT2D eigenvalue weighted by Gasteiger charge is 2.43. The quantitative estimate of drug-likeness (QED) is 0.301. The first-order valence-corrected chi connectivity index (χ1v) is 9.53. The van der Waals surface area contributed by atoms with Crippen LogP contribution in [0.5, 0.6) is 5.75 Å². The molecule has 29 heavy (non-hydrogen) atoms. The second-order valence-electron chi connectivity index (χ2n) is 6.93. The van der Waals surface area contributed by atoms with Crippen molar-refractivity contribution in [3.8, 4) is 5.75 Å². The van der Waals surface area contributed by atoms with E-state index in [1.807, 2.05) is 13.8 Å². The van der Waals surface area contributed by atoms with Crippen molar-refractivity contribution in [2.24, 2.45) is 5.92 Å². The maximum Gasteiger partial charge on any atom is 0.262 e. The van der Waals surface area contributed by atoms with Crippen molar-refractivity contribution in [1.29, 1.82) is 0 Å². The van der Waals surface area contributed by atoms with Gasteiger partial charge in [-0.1, -0.05) is 32.0 Å². The first kappa shape index (κ1) is 23.1. The molecule has 0 spiro atoms. The summed E-state index contributed by atoms with van der Waals surface area (Å²) in [6.07, 6.45) is 0.352. The van der Waals surface area contributed by atoms with Crippen LogP contribution in [0.1, 0.15) is 20.3 Å². The molecule has 1 fully saturated rings. The largest absolute Gasteiger partial charge is 0.484 e. The summed E-state index contributed by atoms with van der Waals surface area (Å²) in [6.45, 7) is 8.62. The molecule has 0 aromatic heterocycles. The fourth-order valence-corrected chi connectivity index (χ4v) is 2.24. The molecule has 1 saturated heterocycles. The molecule has 1 aliphatic rings. The third-order valence-electron chi connectivity index (χ3n) is 3.72. The lowest BCUT2D eigenvalue weighted by Gasteiger charge is -2.11. The zero-order chi connectivity index (χ0) is 21.4. The summed E-state index contributed by atoms with van der Waals surface area (Å²) in [4.78, 5) is 33.8. The lowest BCUT2D eigenvalue weighted by atomic mass is 10.2. The monoisotopic (exact) mass is 429 g/mol. The Balaban J connectivity index is 1.56. The van der Waals surface area contributed by atoms with Gasteiger partial charge >= 0.3 is 0 Å². The third kappa shape index (κ3) is 8.36. The maximum absolute atomic E-state index is 13.3.